The standard InChI is InChI=1S/C14H24N2O/c1-10-8-12(9-11(2)16-10)13(15)6-7-14(3,4)17-5/h8-9,13H,6-7,15H2,1-5H3. The lowest BCUT2D eigenvalue weighted by Crippen LogP contribution is -2.24. The summed E-state index contributed by atoms with van der Waals surface area (Å²) in [6.07, 6.45) is 1.87. The van der Waals surface area contributed by atoms with Crippen molar-refractivity contribution in [1.29, 1.82) is 0 Å². The number of methoxy groups -OCH3 is 1. The summed E-state index contributed by atoms with van der Waals surface area (Å²) in [6.45, 7) is 8.18. The van der Waals surface area contributed by atoms with E-state index in [-0.39, 0.29) is 11.6 Å². The SMILES string of the molecule is COC(C)(C)CCC(N)c1cc(C)nc(C)c1. The van der Waals surface area contributed by atoms with E-state index in [1.165, 1.54) is 5.56 Å². The number of hydrogen-bond donors (Lipinski definition) is 1. The fraction of sp³-hybridized carbons (Fsp3) is 0.643. The summed E-state index contributed by atoms with van der Waals surface area (Å²) in [6, 6.07) is 4.19. The van der Waals surface area contributed by atoms with Crippen LogP contribution in [0.3, 0.4) is 0 Å². The molecule has 0 saturated carbocycles. The van der Waals surface area contributed by atoms with Crippen LogP contribution in [0.5, 0.6) is 0 Å². The predicted molar refractivity (Wildman–Crippen MR) is 71.0 cm³/mol. The highest BCUT2D eigenvalue weighted by molar-refractivity contribution is 5.23. The molecular weight excluding hydrogens is 212 g/mol. The molecule has 1 aromatic rings. The van der Waals surface area contributed by atoms with Crippen molar-refractivity contribution in [3.63, 3.8) is 0 Å². The molecule has 2 N–H and O–H groups in total. The average Bonchev–Trinajstić information content (AvgIpc) is 2.24. The molecular formula is C14H24N2O. The molecule has 0 radical (unpaired) electrons. The Kier molecular flexibility index (Phi) is 4.66. The topological polar surface area (TPSA) is 48.1 Å². The second-order valence-corrected chi connectivity index (χ2v) is 5.29. The second-order valence-electron chi connectivity index (χ2n) is 5.29. The van der Waals surface area contributed by atoms with Gasteiger partial charge in [0.2, 0.25) is 0 Å². The Morgan fingerprint density at radius 1 is 1.29 bits per heavy atom. The van der Waals surface area contributed by atoms with E-state index in [0.29, 0.717) is 0 Å². The fourth-order valence-electron chi connectivity index (χ4n) is 1.85. The Labute approximate surface area is 104 Å². The number of aromatic nitrogens is 1. The molecule has 0 aromatic carbocycles. The van der Waals surface area contributed by atoms with Crippen molar-refractivity contribution < 1.29 is 4.74 Å². The summed E-state index contributed by atoms with van der Waals surface area (Å²) in [5.41, 5.74) is 9.34. The van der Waals surface area contributed by atoms with Crippen LogP contribution < -0.4 is 5.73 Å². The maximum absolute atomic E-state index is 6.21. The molecule has 3 heteroatoms. The van der Waals surface area contributed by atoms with E-state index in [4.69, 9.17) is 10.5 Å². The monoisotopic (exact) mass is 236 g/mol. The van der Waals surface area contributed by atoms with Gasteiger partial charge in [-0.2, -0.15) is 0 Å². The molecule has 1 rings (SSSR count). The number of ether oxygens (including phenoxy) is 1. The van der Waals surface area contributed by atoms with E-state index in [2.05, 4.69) is 31.0 Å². The molecule has 0 bridgehead atoms. The van der Waals surface area contributed by atoms with Gasteiger partial charge >= 0.3 is 0 Å². The van der Waals surface area contributed by atoms with E-state index in [1.807, 2.05) is 13.8 Å². The van der Waals surface area contributed by atoms with Crippen LogP contribution in [0.1, 0.15) is 49.7 Å². The van der Waals surface area contributed by atoms with Crippen LogP contribution in [0, 0.1) is 13.8 Å². The van der Waals surface area contributed by atoms with Gasteiger partial charge in [-0.15, -0.1) is 0 Å². The molecule has 0 saturated heterocycles. The van der Waals surface area contributed by atoms with E-state index < -0.39 is 0 Å². The number of nitrogens with zero attached hydrogens (tertiary/aromatic N) is 1. The third kappa shape index (κ3) is 4.44. The van der Waals surface area contributed by atoms with Crippen LogP contribution in [-0.4, -0.2) is 17.7 Å². The molecule has 0 fully saturated rings. The van der Waals surface area contributed by atoms with Crippen LogP contribution in [0.2, 0.25) is 0 Å². The van der Waals surface area contributed by atoms with E-state index in [9.17, 15) is 0 Å². The molecule has 96 valence electrons. The van der Waals surface area contributed by atoms with Gasteiger partial charge in [-0.25, -0.2) is 0 Å². The molecule has 0 amide bonds. The van der Waals surface area contributed by atoms with Crippen molar-refractivity contribution in [2.75, 3.05) is 7.11 Å². The predicted octanol–water partition coefficient (Wildman–Crippen LogP) is 2.90. The summed E-state index contributed by atoms with van der Waals surface area (Å²) in [4.78, 5) is 4.36. The van der Waals surface area contributed by atoms with Gasteiger partial charge in [0.1, 0.15) is 0 Å². The summed E-state index contributed by atoms with van der Waals surface area (Å²) in [7, 11) is 1.74. The number of aryl methyl sites for hydroxylation is 2. The average molecular weight is 236 g/mol. The third-order valence-electron chi connectivity index (χ3n) is 3.14. The molecule has 0 spiro atoms. The van der Waals surface area contributed by atoms with Crippen molar-refractivity contribution in [2.45, 2.75) is 52.2 Å². The second kappa shape index (κ2) is 5.61. The minimum Gasteiger partial charge on any atom is -0.379 e. The summed E-state index contributed by atoms with van der Waals surface area (Å²) in [5, 5.41) is 0. The molecule has 0 aliphatic carbocycles. The highest BCUT2D eigenvalue weighted by Crippen LogP contribution is 2.23. The highest BCUT2D eigenvalue weighted by Gasteiger charge is 2.18. The Morgan fingerprint density at radius 2 is 1.82 bits per heavy atom. The van der Waals surface area contributed by atoms with Gasteiger partial charge in [0, 0.05) is 24.5 Å². The Bertz CT molecular complexity index is 354. The molecule has 0 aliphatic heterocycles. The van der Waals surface area contributed by atoms with Crippen molar-refractivity contribution in [3.05, 3.63) is 29.1 Å². The lowest BCUT2D eigenvalue weighted by molar-refractivity contribution is 0.0125. The number of hydrogen-bond acceptors (Lipinski definition) is 3. The van der Waals surface area contributed by atoms with Gasteiger partial charge in [0.25, 0.3) is 0 Å². The molecule has 3 nitrogen and oxygen atoms in total. The van der Waals surface area contributed by atoms with E-state index >= 15 is 0 Å². The van der Waals surface area contributed by atoms with Gasteiger partial charge in [-0.1, -0.05) is 0 Å². The summed E-state index contributed by atoms with van der Waals surface area (Å²) in [5.74, 6) is 0. The van der Waals surface area contributed by atoms with Gasteiger partial charge < -0.3 is 10.5 Å². The van der Waals surface area contributed by atoms with Crippen LogP contribution in [0.25, 0.3) is 0 Å². The minimum atomic E-state index is -0.102. The summed E-state index contributed by atoms with van der Waals surface area (Å²) >= 11 is 0. The molecule has 1 unspecified atom stereocenters. The van der Waals surface area contributed by atoms with Crippen LogP contribution in [0.4, 0.5) is 0 Å². The smallest absolute Gasteiger partial charge is 0.0623 e. The van der Waals surface area contributed by atoms with Gasteiger partial charge in [-0.3, -0.25) is 4.98 Å². The van der Waals surface area contributed by atoms with Crippen molar-refractivity contribution in [1.82, 2.24) is 4.98 Å². The van der Waals surface area contributed by atoms with Crippen LogP contribution in [-0.2, 0) is 4.74 Å². The lowest BCUT2D eigenvalue weighted by Gasteiger charge is -2.24. The Morgan fingerprint density at radius 3 is 2.29 bits per heavy atom. The zero-order chi connectivity index (χ0) is 13.1. The van der Waals surface area contributed by atoms with Gasteiger partial charge in [0.05, 0.1) is 5.60 Å². The van der Waals surface area contributed by atoms with Gasteiger partial charge in [0.15, 0.2) is 0 Å². The summed E-state index contributed by atoms with van der Waals surface area (Å²) < 4.78 is 5.40. The zero-order valence-electron chi connectivity index (χ0n) is 11.6. The van der Waals surface area contributed by atoms with Crippen molar-refractivity contribution in [2.24, 2.45) is 5.73 Å². The van der Waals surface area contributed by atoms with Crippen LogP contribution >= 0.6 is 0 Å². The first-order valence-corrected chi connectivity index (χ1v) is 6.10. The number of pyridine rings is 1. The van der Waals surface area contributed by atoms with E-state index in [1.54, 1.807) is 7.11 Å². The quantitative estimate of drug-likeness (QED) is 0.855. The van der Waals surface area contributed by atoms with E-state index in [0.717, 1.165) is 24.2 Å². The fourth-order valence-corrected chi connectivity index (χ4v) is 1.85. The molecule has 0 aliphatic rings. The Hall–Kier alpha value is -0.930. The largest absolute Gasteiger partial charge is 0.379 e. The lowest BCUT2D eigenvalue weighted by atomic mass is 9.95. The molecule has 1 aromatic heterocycles. The molecule has 17 heavy (non-hydrogen) atoms. The third-order valence-corrected chi connectivity index (χ3v) is 3.14. The van der Waals surface area contributed by atoms with Crippen molar-refractivity contribution >= 4 is 0 Å². The maximum atomic E-state index is 6.21. The molecule has 1 heterocycles. The van der Waals surface area contributed by atoms with Gasteiger partial charge in [-0.05, 0) is 58.2 Å². The maximum Gasteiger partial charge on any atom is 0.0623 e. The Balaban J connectivity index is 2.67. The highest BCUT2D eigenvalue weighted by atomic mass is 16.5. The van der Waals surface area contributed by atoms with Crippen molar-refractivity contribution in [3.8, 4) is 0 Å². The first-order chi connectivity index (χ1) is 7.84. The van der Waals surface area contributed by atoms with Crippen LogP contribution in [0.15, 0.2) is 12.1 Å². The minimum absolute atomic E-state index is 0.0600. The number of nitrogens with two attached hydrogens (primary N) is 1. The number of rotatable bonds is 5. The normalized spacial score (nSPS) is 13.8. The molecule has 1 atom stereocenters. The zero-order valence-corrected chi connectivity index (χ0v) is 11.6. The first kappa shape index (κ1) is 14.1. The first-order valence-electron chi connectivity index (χ1n) is 6.10.